The summed E-state index contributed by atoms with van der Waals surface area (Å²) in [7, 11) is 0. The standard InChI is InChI=1S/C17H23N3O/c1-3-7-18-17(21)14-20-10-8-19(9-11-20)13-16-6-4-5-15(2)12-16/h1,4-6,12H,7-11,13-14H2,2H3,(H,18,21). The third-order valence-corrected chi connectivity index (χ3v) is 3.71. The zero-order valence-electron chi connectivity index (χ0n) is 12.6. The van der Waals surface area contributed by atoms with Gasteiger partial charge in [-0.3, -0.25) is 14.6 Å². The van der Waals surface area contributed by atoms with Gasteiger partial charge in [-0.15, -0.1) is 6.42 Å². The fraction of sp³-hybridized carbons (Fsp3) is 0.471. The van der Waals surface area contributed by atoms with Gasteiger partial charge in [-0.1, -0.05) is 35.7 Å². The molecule has 0 radical (unpaired) electrons. The molecular formula is C17H23N3O. The first-order valence-corrected chi connectivity index (χ1v) is 7.38. The van der Waals surface area contributed by atoms with E-state index in [-0.39, 0.29) is 5.91 Å². The predicted octanol–water partition coefficient (Wildman–Crippen LogP) is 0.862. The van der Waals surface area contributed by atoms with E-state index in [0.717, 1.165) is 32.7 Å². The fourth-order valence-corrected chi connectivity index (χ4v) is 2.58. The summed E-state index contributed by atoms with van der Waals surface area (Å²) in [6.45, 7) is 7.71. The lowest BCUT2D eigenvalue weighted by Crippen LogP contribution is -2.49. The zero-order chi connectivity index (χ0) is 15.1. The molecule has 4 nitrogen and oxygen atoms in total. The van der Waals surface area contributed by atoms with E-state index in [2.05, 4.69) is 52.2 Å². The second kappa shape index (κ2) is 7.82. The topological polar surface area (TPSA) is 35.6 Å². The maximum Gasteiger partial charge on any atom is 0.234 e. The number of rotatable bonds is 5. The average molecular weight is 285 g/mol. The summed E-state index contributed by atoms with van der Waals surface area (Å²) >= 11 is 0. The molecule has 1 aliphatic rings. The summed E-state index contributed by atoms with van der Waals surface area (Å²) in [5.74, 6) is 2.43. The fourth-order valence-electron chi connectivity index (χ4n) is 2.58. The van der Waals surface area contributed by atoms with Crippen molar-refractivity contribution >= 4 is 5.91 Å². The van der Waals surface area contributed by atoms with Crippen molar-refractivity contribution in [1.29, 1.82) is 0 Å². The first-order chi connectivity index (χ1) is 10.2. The summed E-state index contributed by atoms with van der Waals surface area (Å²) in [4.78, 5) is 16.2. The lowest BCUT2D eigenvalue weighted by Gasteiger charge is -2.34. The molecule has 1 N–H and O–H groups in total. The molecule has 0 spiro atoms. The van der Waals surface area contributed by atoms with Gasteiger partial charge in [-0.25, -0.2) is 0 Å². The number of aryl methyl sites for hydroxylation is 1. The predicted molar refractivity (Wildman–Crippen MR) is 84.7 cm³/mol. The second-order valence-electron chi connectivity index (χ2n) is 5.52. The number of terminal acetylenes is 1. The minimum absolute atomic E-state index is 0.0140. The van der Waals surface area contributed by atoms with Crippen molar-refractivity contribution in [3.63, 3.8) is 0 Å². The van der Waals surface area contributed by atoms with Crippen LogP contribution in [0.15, 0.2) is 24.3 Å². The van der Waals surface area contributed by atoms with Crippen molar-refractivity contribution in [2.45, 2.75) is 13.5 Å². The van der Waals surface area contributed by atoms with Gasteiger partial charge in [0.05, 0.1) is 13.1 Å². The molecule has 0 bridgehead atoms. The van der Waals surface area contributed by atoms with Gasteiger partial charge in [0, 0.05) is 32.7 Å². The van der Waals surface area contributed by atoms with Crippen LogP contribution in [0.2, 0.25) is 0 Å². The van der Waals surface area contributed by atoms with E-state index in [0.29, 0.717) is 13.1 Å². The molecule has 1 aromatic rings. The Kier molecular flexibility index (Phi) is 5.79. The quantitative estimate of drug-likeness (QED) is 0.815. The number of carbonyl (C=O) groups is 1. The normalized spacial score (nSPS) is 16.4. The molecule has 21 heavy (non-hydrogen) atoms. The SMILES string of the molecule is C#CCNC(=O)CN1CCN(Cc2cccc(C)c2)CC1. The van der Waals surface area contributed by atoms with Gasteiger partial charge in [0.25, 0.3) is 0 Å². The highest BCUT2D eigenvalue weighted by Gasteiger charge is 2.18. The van der Waals surface area contributed by atoms with Crippen LogP contribution in [-0.4, -0.2) is 55.0 Å². The van der Waals surface area contributed by atoms with Gasteiger partial charge >= 0.3 is 0 Å². The van der Waals surface area contributed by atoms with Crippen molar-refractivity contribution in [3.05, 3.63) is 35.4 Å². The van der Waals surface area contributed by atoms with Crippen LogP contribution in [0.4, 0.5) is 0 Å². The van der Waals surface area contributed by atoms with E-state index in [1.54, 1.807) is 0 Å². The van der Waals surface area contributed by atoms with E-state index >= 15 is 0 Å². The summed E-state index contributed by atoms with van der Waals surface area (Å²) in [5.41, 5.74) is 2.66. The molecule has 2 rings (SSSR count). The Labute approximate surface area is 127 Å². The molecule has 1 fully saturated rings. The molecule has 1 heterocycles. The number of nitrogens with one attached hydrogen (secondary N) is 1. The smallest absolute Gasteiger partial charge is 0.234 e. The van der Waals surface area contributed by atoms with Crippen LogP contribution in [0.3, 0.4) is 0 Å². The highest BCUT2D eigenvalue weighted by Crippen LogP contribution is 2.10. The maximum atomic E-state index is 11.6. The van der Waals surface area contributed by atoms with Gasteiger partial charge in [-0.2, -0.15) is 0 Å². The second-order valence-corrected chi connectivity index (χ2v) is 5.52. The highest BCUT2D eigenvalue weighted by molar-refractivity contribution is 5.78. The highest BCUT2D eigenvalue weighted by atomic mass is 16.2. The number of amides is 1. The summed E-state index contributed by atoms with van der Waals surface area (Å²) in [6.07, 6.45) is 5.13. The molecule has 0 unspecified atom stereocenters. The minimum atomic E-state index is 0.0140. The van der Waals surface area contributed by atoms with Gasteiger partial charge < -0.3 is 5.32 Å². The number of carbonyl (C=O) groups excluding carboxylic acids is 1. The van der Waals surface area contributed by atoms with Crippen LogP contribution < -0.4 is 5.32 Å². The molecule has 1 aromatic carbocycles. The van der Waals surface area contributed by atoms with Gasteiger partial charge in [-0.05, 0) is 12.5 Å². The van der Waals surface area contributed by atoms with Crippen LogP contribution in [0.5, 0.6) is 0 Å². The summed E-state index contributed by atoms with van der Waals surface area (Å²) in [5, 5.41) is 2.71. The van der Waals surface area contributed by atoms with E-state index in [1.165, 1.54) is 11.1 Å². The number of benzene rings is 1. The molecule has 0 aliphatic carbocycles. The van der Waals surface area contributed by atoms with Crippen LogP contribution in [0, 0.1) is 19.3 Å². The molecule has 4 heteroatoms. The van der Waals surface area contributed by atoms with E-state index in [4.69, 9.17) is 6.42 Å². The lowest BCUT2D eigenvalue weighted by molar-refractivity contribution is -0.122. The van der Waals surface area contributed by atoms with Crippen molar-refractivity contribution in [3.8, 4) is 12.3 Å². The lowest BCUT2D eigenvalue weighted by atomic mass is 10.1. The van der Waals surface area contributed by atoms with Crippen molar-refractivity contribution in [1.82, 2.24) is 15.1 Å². The Morgan fingerprint density at radius 1 is 1.29 bits per heavy atom. The molecule has 1 aliphatic heterocycles. The number of piperazine rings is 1. The van der Waals surface area contributed by atoms with E-state index in [1.807, 2.05) is 0 Å². The Morgan fingerprint density at radius 2 is 2.00 bits per heavy atom. The van der Waals surface area contributed by atoms with Crippen LogP contribution >= 0.6 is 0 Å². The Balaban J connectivity index is 1.73. The molecule has 1 amide bonds. The molecule has 1 saturated heterocycles. The van der Waals surface area contributed by atoms with E-state index < -0.39 is 0 Å². The Bertz CT molecular complexity index is 513. The first kappa shape index (κ1) is 15.6. The average Bonchev–Trinajstić information content (AvgIpc) is 2.47. The zero-order valence-corrected chi connectivity index (χ0v) is 12.6. The van der Waals surface area contributed by atoms with Crippen LogP contribution in [0.1, 0.15) is 11.1 Å². The Hall–Kier alpha value is -1.83. The molecule has 0 saturated carbocycles. The number of nitrogens with zero attached hydrogens (tertiary/aromatic N) is 2. The van der Waals surface area contributed by atoms with Crippen LogP contribution in [-0.2, 0) is 11.3 Å². The van der Waals surface area contributed by atoms with E-state index in [9.17, 15) is 4.79 Å². The number of hydrogen-bond donors (Lipinski definition) is 1. The van der Waals surface area contributed by atoms with Crippen molar-refractivity contribution < 1.29 is 4.79 Å². The maximum absolute atomic E-state index is 11.6. The molecule has 112 valence electrons. The minimum Gasteiger partial charge on any atom is -0.344 e. The summed E-state index contributed by atoms with van der Waals surface area (Å²) < 4.78 is 0. The van der Waals surface area contributed by atoms with Gasteiger partial charge in [0.1, 0.15) is 0 Å². The van der Waals surface area contributed by atoms with Crippen LogP contribution in [0.25, 0.3) is 0 Å². The van der Waals surface area contributed by atoms with Crippen molar-refractivity contribution in [2.24, 2.45) is 0 Å². The molecule has 0 atom stereocenters. The van der Waals surface area contributed by atoms with Gasteiger partial charge in [0.15, 0.2) is 0 Å². The van der Waals surface area contributed by atoms with Gasteiger partial charge in [0.2, 0.25) is 5.91 Å². The third-order valence-electron chi connectivity index (χ3n) is 3.71. The first-order valence-electron chi connectivity index (χ1n) is 7.38. The molecular weight excluding hydrogens is 262 g/mol. The molecule has 0 aromatic heterocycles. The largest absolute Gasteiger partial charge is 0.344 e. The Morgan fingerprint density at radius 3 is 2.67 bits per heavy atom. The summed E-state index contributed by atoms with van der Waals surface area (Å²) in [6, 6.07) is 8.64. The monoisotopic (exact) mass is 285 g/mol. The van der Waals surface area contributed by atoms with Crippen molar-refractivity contribution in [2.75, 3.05) is 39.3 Å². The number of hydrogen-bond acceptors (Lipinski definition) is 3. The third kappa shape index (κ3) is 5.22.